The number of esters is 1. The maximum atomic E-state index is 12.5. The molecule has 2 rings (SSSR count). The van der Waals surface area contributed by atoms with Crippen LogP contribution < -0.4 is 5.32 Å². The molecular weight excluding hydrogens is 338 g/mol. The third kappa shape index (κ3) is 4.83. The number of amides is 1. The molecule has 0 aliphatic rings. The first-order valence-electron chi connectivity index (χ1n) is 8.10. The first-order chi connectivity index (χ1) is 11.8. The van der Waals surface area contributed by atoms with Gasteiger partial charge in [-0.2, -0.15) is 0 Å². The Morgan fingerprint density at radius 3 is 2.32 bits per heavy atom. The minimum Gasteiger partial charge on any atom is -0.452 e. The van der Waals surface area contributed by atoms with E-state index in [1.54, 1.807) is 26.8 Å². The van der Waals surface area contributed by atoms with Gasteiger partial charge in [0.25, 0.3) is 5.91 Å². The van der Waals surface area contributed by atoms with E-state index in [0.29, 0.717) is 5.02 Å². The summed E-state index contributed by atoms with van der Waals surface area (Å²) in [5.74, 6) is -0.809. The van der Waals surface area contributed by atoms with Gasteiger partial charge in [-0.3, -0.25) is 9.59 Å². The second-order valence-corrected chi connectivity index (χ2v) is 6.75. The highest BCUT2D eigenvalue weighted by Crippen LogP contribution is 2.25. The van der Waals surface area contributed by atoms with Crippen LogP contribution in [0.1, 0.15) is 31.9 Å². The minimum atomic E-state index is -0.891. The van der Waals surface area contributed by atoms with Gasteiger partial charge in [0.15, 0.2) is 6.10 Å². The number of hydrogen-bond donors (Lipinski definition) is 1. The lowest BCUT2D eigenvalue weighted by Crippen LogP contribution is -2.40. The van der Waals surface area contributed by atoms with Gasteiger partial charge in [-0.05, 0) is 38.0 Å². The van der Waals surface area contributed by atoms with Crippen LogP contribution in [0.25, 0.3) is 0 Å². The maximum absolute atomic E-state index is 12.5. The summed E-state index contributed by atoms with van der Waals surface area (Å²) in [6, 6.07) is 16.6. The molecule has 0 heterocycles. The molecule has 5 heteroatoms. The molecule has 0 saturated carbocycles. The smallest absolute Gasteiger partial charge is 0.316 e. The lowest BCUT2D eigenvalue weighted by Gasteiger charge is -2.25. The van der Waals surface area contributed by atoms with Gasteiger partial charge in [0.05, 0.1) is 5.41 Å². The average molecular weight is 360 g/mol. The van der Waals surface area contributed by atoms with Crippen LogP contribution >= 0.6 is 11.6 Å². The highest BCUT2D eigenvalue weighted by atomic mass is 35.5. The Bertz CT molecular complexity index is 744. The van der Waals surface area contributed by atoms with E-state index in [-0.39, 0.29) is 12.5 Å². The summed E-state index contributed by atoms with van der Waals surface area (Å²) in [5, 5.41) is 3.32. The highest BCUT2D eigenvalue weighted by molar-refractivity contribution is 6.31. The van der Waals surface area contributed by atoms with Crippen molar-refractivity contribution in [2.45, 2.75) is 38.8 Å². The van der Waals surface area contributed by atoms with Crippen molar-refractivity contribution in [3.8, 4) is 0 Å². The van der Waals surface area contributed by atoms with Gasteiger partial charge in [0.2, 0.25) is 0 Å². The molecule has 0 bridgehead atoms. The van der Waals surface area contributed by atoms with Crippen molar-refractivity contribution in [2.24, 2.45) is 0 Å². The number of hydrogen-bond acceptors (Lipinski definition) is 3. The Labute approximate surface area is 153 Å². The van der Waals surface area contributed by atoms with Gasteiger partial charge in [-0.15, -0.1) is 0 Å². The van der Waals surface area contributed by atoms with E-state index in [1.807, 2.05) is 48.5 Å². The number of nitrogens with one attached hydrogen (secondary N) is 1. The molecule has 0 fully saturated rings. The Morgan fingerprint density at radius 1 is 1.08 bits per heavy atom. The molecule has 0 unspecified atom stereocenters. The summed E-state index contributed by atoms with van der Waals surface area (Å²) in [6.45, 7) is 5.39. The molecule has 0 radical (unpaired) electrons. The zero-order valence-electron chi connectivity index (χ0n) is 14.6. The van der Waals surface area contributed by atoms with Gasteiger partial charge < -0.3 is 10.1 Å². The third-order valence-electron chi connectivity index (χ3n) is 4.07. The van der Waals surface area contributed by atoms with E-state index in [2.05, 4.69) is 5.32 Å². The number of rotatable bonds is 6. The fourth-order valence-electron chi connectivity index (χ4n) is 2.30. The van der Waals surface area contributed by atoms with Crippen LogP contribution in [0.3, 0.4) is 0 Å². The van der Waals surface area contributed by atoms with Gasteiger partial charge in [-0.25, -0.2) is 0 Å². The minimum absolute atomic E-state index is 0.280. The summed E-state index contributed by atoms with van der Waals surface area (Å²) < 4.78 is 5.37. The van der Waals surface area contributed by atoms with E-state index in [0.717, 1.165) is 11.1 Å². The van der Waals surface area contributed by atoms with E-state index < -0.39 is 17.5 Å². The van der Waals surface area contributed by atoms with Crippen molar-refractivity contribution in [3.63, 3.8) is 0 Å². The van der Waals surface area contributed by atoms with Crippen LogP contribution in [0.5, 0.6) is 0 Å². The fourth-order valence-corrected chi connectivity index (χ4v) is 2.50. The fraction of sp³-hybridized carbons (Fsp3) is 0.300. The number of carbonyl (C=O) groups excluding carboxylic acids is 2. The molecule has 132 valence electrons. The molecule has 2 aromatic carbocycles. The maximum Gasteiger partial charge on any atom is 0.316 e. The monoisotopic (exact) mass is 359 g/mol. The topological polar surface area (TPSA) is 55.4 Å². The average Bonchev–Trinajstić information content (AvgIpc) is 2.61. The highest BCUT2D eigenvalue weighted by Gasteiger charge is 2.33. The van der Waals surface area contributed by atoms with Crippen LogP contribution in [-0.2, 0) is 26.3 Å². The second kappa shape index (κ2) is 8.17. The van der Waals surface area contributed by atoms with E-state index in [1.165, 1.54) is 0 Å². The molecule has 1 amide bonds. The molecule has 25 heavy (non-hydrogen) atoms. The lowest BCUT2D eigenvalue weighted by molar-refractivity contribution is -0.159. The Kier molecular flexibility index (Phi) is 6.21. The lowest BCUT2D eigenvalue weighted by atomic mass is 9.85. The molecule has 1 atom stereocenters. The zero-order chi connectivity index (χ0) is 18.4. The van der Waals surface area contributed by atoms with Crippen molar-refractivity contribution in [2.75, 3.05) is 0 Å². The van der Waals surface area contributed by atoms with Crippen LogP contribution in [-0.4, -0.2) is 18.0 Å². The quantitative estimate of drug-likeness (QED) is 0.796. The van der Waals surface area contributed by atoms with Crippen LogP contribution in [0, 0.1) is 0 Å². The zero-order valence-corrected chi connectivity index (χ0v) is 15.3. The van der Waals surface area contributed by atoms with Gasteiger partial charge in [-0.1, -0.05) is 60.1 Å². The molecule has 0 saturated heterocycles. The number of carbonyl (C=O) groups is 2. The first-order valence-corrected chi connectivity index (χ1v) is 8.48. The Balaban J connectivity index is 1.94. The number of benzene rings is 2. The van der Waals surface area contributed by atoms with E-state index >= 15 is 0 Å². The standard InChI is InChI=1S/C20H22ClNO3/c1-14(18(23)22-13-15-9-7-8-12-17(15)21)25-19(24)20(2,3)16-10-5-4-6-11-16/h4-12,14H,13H2,1-3H3,(H,22,23)/t14-/m1/s1. The van der Waals surface area contributed by atoms with Crippen LogP contribution in [0.2, 0.25) is 5.02 Å². The Hall–Kier alpha value is -2.33. The summed E-state index contributed by atoms with van der Waals surface area (Å²) in [4.78, 5) is 24.7. The van der Waals surface area contributed by atoms with E-state index in [9.17, 15) is 9.59 Å². The molecule has 4 nitrogen and oxygen atoms in total. The number of ether oxygens (including phenoxy) is 1. The molecule has 0 aromatic heterocycles. The molecular formula is C20H22ClNO3. The second-order valence-electron chi connectivity index (χ2n) is 6.35. The first kappa shape index (κ1) is 19.0. The molecule has 2 aromatic rings. The largest absolute Gasteiger partial charge is 0.452 e. The Morgan fingerprint density at radius 2 is 1.68 bits per heavy atom. The van der Waals surface area contributed by atoms with Gasteiger partial charge >= 0.3 is 5.97 Å². The van der Waals surface area contributed by atoms with Gasteiger partial charge in [0, 0.05) is 11.6 Å². The third-order valence-corrected chi connectivity index (χ3v) is 4.44. The van der Waals surface area contributed by atoms with Crippen molar-refractivity contribution in [1.29, 1.82) is 0 Å². The van der Waals surface area contributed by atoms with Crippen LogP contribution in [0.15, 0.2) is 54.6 Å². The predicted octanol–water partition coefficient (Wildman–Crippen LogP) is 3.87. The molecule has 0 aliphatic carbocycles. The normalized spacial score (nSPS) is 12.3. The van der Waals surface area contributed by atoms with E-state index in [4.69, 9.17) is 16.3 Å². The van der Waals surface area contributed by atoms with Crippen molar-refractivity contribution < 1.29 is 14.3 Å². The van der Waals surface area contributed by atoms with Crippen molar-refractivity contribution in [3.05, 3.63) is 70.7 Å². The summed E-state index contributed by atoms with van der Waals surface area (Å²) >= 11 is 6.06. The van der Waals surface area contributed by atoms with Gasteiger partial charge in [0.1, 0.15) is 0 Å². The van der Waals surface area contributed by atoms with Crippen molar-refractivity contribution in [1.82, 2.24) is 5.32 Å². The summed E-state index contributed by atoms with van der Waals surface area (Å²) in [5.41, 5.74) is 0.808. The molecule has 0 spiro atoms. The molecule has 1 N–H and O–H groups in total. The SMILES string of the molecule is C[C@@H](OC(=O)C(C)(C)c1ccccc1)C(=O)NCc1ccccc1Cl. The molecule has 0 aliphatic heterocycles. The predicted molar refractivity (Wildman–Crippen MR) is 98.3 cm³/mol. The summed E-state index contributed by atoms with van der Waals surface area (Å²) in [7, 11) is 0. The van der Waals surface area contributed by atoms with Crippen LogP contribution in [0.4, 0.5) is 0 Å². The summed E-state index contributed by atoms with van der Waals surface area (Å²) in [6.07, 6.45) is -0.891. The number of halogens is 1. The van der Waals surface area contributed by atoms with Crippen molar-refractivity contribution >= 4 is 23.5 Å².